The molecule has 31 heavy (non-hydrogen) atoms. The third-order valence-corrected chi connectivity index (χ3v) is 6.46. The highest BCUT2D eigenvalue weighted by Gasteiger charge is 2.30. The second-order valence-corrected chi connectivity index (χ2v) is 8.92. The van der Waals surface area contributed by atoms with Gasteiger partial charge >= 0.3 is 0 Å². The quantitative estimate of drug-likeness (QED) is 0.554. The SMILES string of the molecule is COc1ccc(C)cc1S(=O)(=O)N(CC(=O)NCc1ccccn1)Cc1ccccc1. The first-order valence-electron chi connectivity index (χ1n) is 9.75. The number of pyridine rings is 1. The topological polar surface area (TPSA) is 88.6 Å². The highest BCUT2D eigenvalue weighted by atomic mass is 32.2. The number of aryl methyl sites for hydroxylation is 1. The van der Waals surface area contributed by atoms with Gasteiger partial charge in [-0.2, -0.15) is 4.31 Å². The molecule has 3 rings (SSSR count). The molecule has 0 aliphatic rings. The Labute approximate surface area is 182 Å². The normalized spacial score (nSPS) is 11.3. The van der Waals surface area contributed by atoms with Crippen LogP contribution in [-0.2, 0) is 27.9 Å². The van der Waals surface area contributed by atoms with Crippen molar-refractivity contribution in [3.05, 3.63) is 89.7 Å². The summed E-state index contributed by atoms with van der Waals surface area (Å²) in [6.07, 6.45) is 1.64. The first-order valence-corrected chi connectivity index (χ1v) is 11.2. The number of nitrogens with one attached hydrogen (secondary N) is 1. The summed E-state index contributed by atoms with van der Waals surface area (Å²) in [4.78, 5) is 16.8. The first-order chi connectivity index (χ1) is 14.9. The predicted octanol–water partition coefficient (Wildman–Crippen LogP) is 2.91. The summed E-state index contributed by atoms with van der Waals surface area (Å²) in [6.45, 7) is 1.74. The van der Waals surface area contributed by atoms with Gasteiger partial charge in [-0.15, -0.1) is 0 Å². The molecule has 0 saturated carbocycles. The number of benzene rings is 2. The molecule has 162 valence electrons. The van der Waals surface area contributed by atoms with Crippen LogP contribution >= 0.6 is 0 Å². The molecule has 2 aromatic carbocycles. The van der Waals surface area contributed by atoms with Crippen molar-refractivity contribution in [2.24, 2.45) is 0 Å². The monoisotopic (exact) mass is 439 g/mol. The molecule has 1 heterocycles. The van der Waals surface area contributed by atoms with E-state index in [0.717, 1.165) is 15.4 Å². The fourth-order valence-electron chi connectivity index (χ4n) is 3.05. The van der Waals surface area contributed by atoms with Gasteiger partial charge in [-0.05, 0) is 42.3 Å². The van der Waals surface area contributed by atoms with Crippen molar-refractivity contribution in [2.75, 3.05) is 13.7 Å². The summed E-state index contributed by atoms with van der Waals surface area (Å²) in [6, 6.07) is 19.5. The van der Waals surface area contributed by atoms with Gasteiger partial charge in [0.2, 0.25) is 15.9 Å². The van der Waals surface area contributed by atoms with Crippen molar-refractivity contribution >= 4 is 15.9 Å². The summed E-state index contributed by atoms with van der Waals surface area (Å²) >= 11 is 0. The van der Waals surface area contributed by atoms with E-state index >= 15 is 0 Å². The van der Waals surface area contributed by atoms with Gasteiger partial charge in [-0.25, -0.2) is 8.42 Å². The minimum absolute atomic E-state index is 0.0310. The lowest BCUT2D eigenvalue weighted by molar-refractivity contribution is -0.121. The maximum atomic E-state index is 13.5. The maximum Gasteiger partial charge on any atom is 0.247 e. The van der Waals surface area contributed by atoms with Crippen molar-refractivity contribution in [2.45, 2.75) is 24.9 Å². The van der Waals surface area contributed by atoms with Gasteiger partial charge in [0.15, 0.2) is 0 Å². The number of hydrogen-bond acceptors (Lipinski definition) is 5. The Bertz CT molecular complexity index is 1120. The van der Waals surface area contributed by atoms with Gasteiger partial charge < -0.3 is 10.1 Å². The molecule has 0 fully saturated rings. The fourth-order valence-corrected chi connectivity index (χ4v) is 4.67. The maximum absolute atomic E-state index is 13.5. The highest BCUT2D eigenvalue weighted by molar-refractivity contribution is 7.89. The minimum Gasteiger partial charge on any atom is -0.495 e. The molecule has 7 nitrogen and oxygen atoms in total. The second kappa shape index (κ2) is 10.2. The Morgan fingerprint density at radius 1 is 1.06 bits per heavy atom. The molecule has 1 N–H and O–H groups in total. The number of nitrogens with zero attached hydrogens (tertiary/aromatic N) is 2. The molecule has 0 aliphatic carbocycles. The van der Waals surface area contributed by atoms with Crippen molar-refractivity contribution in [3.8, 4) is 5.75 Å². The van der Waals surface area contributed by atoms with Crippen molar-refractivity contribution in [1.29, 1.82) is 0 Å². The van der Waals surface area contributed by atoms with Crippen LogP contribution in [0.25, 0.3) is 0 Å². The number of aromatic nitrogens is 1. The van der Waals surface area contributed by atoms with Gasteiger partial charge in [-0.1, -0.05) is 42.5 Å². The van der Waals surface area contributed by atoms with Crippen molar-refractivity contribution in [1.82, 2.24) is 14.6 Å². The van der Waals surface area contributed by atoms with Crippen LogP contribution in [0.3, 0.4) is 0 Å². The Kier molecular flexibility index (Phi) is 7.38. The van der Waals surface area contributed by atoms with Crippen LogP contribution in [0, 0.1) is 6.92 Å². The predicted molar refractivity (Wildman–Crippen MR) is 118 cm³/mol. The Morgan fingerprint density at radius 2 is 1.81 bits per heavy atom. The van der Waals surface area contributed by atoms with Crippen molar-refractivity contribution in [3.63, 3.8) is 0 Å². The number of rotatable bonds is 9. The molecule has 8 heteroatoms. The van der Waals surface area contributed by atoms with Gasteiger partial charge in [0.1, 0.15) is 10.6 Å². The van der Waals surface area contributed by atoms with E-state index in [4.69, 9.17) is 4.74 Å². The van der Waals surface area contributed by atoms with E-state index < -0.39 is 15.9 Å². The number of ether oxygens (including phenoxy) is 1. The molecule has 1 aromatic heterocycles. The number of sulfonamides is 1. The fraction of sp³-hybridized carbons (Fsp3) is 0.217. The van der Waals surface area contributed by atoms with E-state index in [1.165, 1.54) is 7.11 Å². The van der Waals surface area contributed by atoms with Crippen LogP contribution in [0.2, 0.25) is 0 Å². The lowest BCUT2D eigenvalue weighted by atomic mass is 10.2. The van der Waals surface area contributed by atoms with Gasteiger partial charge in [0.05, 0.1) is 25.9 Å². The minimum atomic E-state index is -4.01. The van der Waals surface area contributed by atoms with E-state index in [2.05, 4.69) is 10.3 Å². The molecule has 0 radical (unpaired) electrons. The molecule has 0 aliphatic heterocycles. The summed E-state index contributed by atoms with van der Waals surface area (Å²) < 4.78 is 33.5. The molecule has 1 amide bonds. The summed E-state index contributed by atoms with van der Waals surface area (Å²) in [5, 5.41) is 2.74. The lowest BCUT2D eigenvalue weighted by Gasteiger charge is -2.23. The van der Waals surface area contributed by atoms with Gasteiger partial charge in [0.25, 0.3) is 0 Å². The summed E-state index contributed by atoms with van der Waals surface area (Å²) in [7, 11) is -2.59. The summed E-state index contributed by atoms with van der Waals surface area (Å²) in [5.74, 6) is -0.186. The molecule has 0 spiro atoms. The molecule has 0 unspecified atom stereocenters. The van der Waals surface area contributed by atoms with Crippen LogP contribution < -0.4 is 10.1 Å². The highest BCUT2D eigenvalue weighted by Crippen LogP contribution is 2.28. The average molecular weight is 440 g/mol. The largest absolute Gasteiger partial charge is 0.495 e. The molecule has 0 bridgehead atoms. The smallest absolute Gasteiger partial charge is 0.247 e. The van der Waals surface area contributed by atoms with Crippen LogP contribution in [0.5, 0.6) is 5.75 Å². The van der Waals surface area contributed by atoms with Crippen LogP contribution in [0.1, 0.15) is 16.8 Å². The Balaban J connectivity index is 1.87. The Hall–Kier alpha value is -3.23. The summed E-state index contributed by atoms with van der Waals surface area (Å²) in [5.41, 5.74) is 2.24. The zero-order valence-electron chi connectivity index (χ0n) is 17.5. The lowest BCUT2D eigenvalue weighted by Crippen LogP contribution is -2.40. The van der Waals surface area contributed by atoms with Crippen molar-refractivity contribution < 1.29 is 17.9 Å². The number of amides is 1. The standard InChI is InChI=1S/C23H25N3O4S/c1-18-11-12-21(30-2)22(14-18)31(28,29)26(16-19-8-4-3-5-9-19)17-23(27)25-15-20-10-6-7-13-24-20/h3-14H,15-17H2,1-2H3,(H,25,27). The molecular formula is C23H25N3O4S. The van der Waals surface area contributed by atoms with Crippen LogP contribution in [0.4, 0.5) is 0 Å². The third-order valence-electron chi connectivity index (χ3n) is 4.65. The zero-order chi connectivity index (χ0) is 22.3. The number of carbonyl (C=O) groups excluding carboxylic acids is 1. The van der Waals surface area contributed by atoms with E-state index in [1.807, 2.05) is 36.4 Å². The zero-order valence-corrected chi connectivity index (χ0v) is 18.3. The second-order valence-electron chi connectivity index (χ2n) is 7.01. The first kappa shape index (κ1) is 22.5. The van der Waals surface area contributed by atoms with Crippen LogP contribution in [0.15, 0.2) is 77.8 Å². The number of methoxy groups -OCH3 is 1. The molecule has 0 saturated heterocycles. The average Bonchev–Trinajstić information content (AvgIpc) is 2.78. The number of carbonyl (C=O) groups is 1. The molecular weight excluding hydrogens is 414 g/mol. The third kappa shape index (κ3) is 5.90. The van der Waals surface area contributed by atoms with Gasteiger partial charge in [-0.3, -0.25) is 9.78 Å². The van der Waals surface area contributed by atoms with Crippen LogP contribution in [-0.4, -0.2) is 37.3 Å². The molecule has 3 aromatic rings. The molecule has 0 atom stereocenters. The van der Waals surface area contributed by atoms with E-state index in [0.29, 0.717) is 5.69 Å². The van der Waals surface area contributed by atoms with E-state index in [1.54, 1.807) is 43.5 Å². The Morgan fingerprint density at radius 3 is 2.48 bits per heavy atom. The van der Waals surface area contributed by atoms with E-state index in [9.17, 15) is 13.2 Å². The van der Waals surface area contributed by atoms with E-state index in [-0.39, 0.29) is 30.3 Å². The van der Waals surface area contributed by atoms with Gasteiger partial charge in [0, 0.05) is 12.7 Å². The number of hydrogen-bond donors (Lipinski definition) is 1.